The van der Waals surface area contributed by atoms with Gasteiger partial charge in [-0.3, -0.25) is 4.98 Å². The summed E-state index contributed by atoms with van der Waals surface area (Å²) < 4.78 is 11.2. The minimum absolute atomic E-state index is 0.0807. The van der Waals surface area contributed by atoms with E-state index in [0.717, 1.165) is 47.7 Å². The van der Waals surface area contributed by atoms with E-state index in [0.29, 0.717) is 12.3 Å². The van der Waals surface area contributed by atoms with Crippen LogP contribution in [0.25, 0.3) is 10.9 Å². The average Bonchev–Trinajstić information content (AvgIpc) is 3.23. The quantitative estimate of drug-likeness (QED) is 0.314. The predicted octanol–water partition coefficient (Wildman–Crippen LogP) is 5.38. The molecular formula is C26H29N3O3. The number of benzene rings is 2. The van der Waals surface area contributed by atoms with E-state index in [-0.39, 0.29) is 6.61 Å². The van der Waals surface area contributed by atoms with Gasteiger partial charge in [0.05, 0.1) is 26.0 Å². The Kier molecular flexibility index (Phi) is 6.92. The lowest BCUT2D eigenvalue weighted by atomic mass is 10.0. The number of nitrogens with one attached hydrogen (secondary N) is 2. The fourth-order valence-electron chi connectivity index (χ4n) is 3.91. The van der Waals surface area contributed by atoms with E-state index in [9.17, 15) is 5.11 Å². The number of aryl methyl sites for hydroxylation is 2. The summed E-state index contributed by atoms with van der Waals surface area (Å²) in [5, 5.41) is 13.9. The molecule has 6 nitrogen and oxygen atoms in total. The van der Waals surface area contributed by atoms with Crippen molar-refractivity contribution >= 4 is 22.3 Å². The van der Waals surface area contributed by atoms with Crippen molar-refractivity contribution in [3.63, 3.8) is 0 Å². The van der Waals surface area contributed by atoms with Crippen molar-refractivity contribution in [3.8, 4) is 11.5 Å². The van der Waals surface area contributed by atoms with Crippen LogP contribution in [0.5, 0.6) is 11.5 Å². The van der Waals surface area contributed by atoms with Gasteiger partial charge in [-0.15, -0.1) is 0 Å². The Morgan fingerprint density at radius 2 is 1.84 bits per heavy atom. The molecule has 0 aliphatic heterocycles. The zero-order valence-electron chi connectivity index (χ0n) is 18.5. The van der Waals surface area contributed by atoms with Crippen molar-refractivity contribution < 1.29 is 14.6 Å². The summed E-state index contributed by atoms with van der Waals surface area (Å²) in [5.41, 5.74) is 6.08. The van der Waals surface area contributed by atoms with Crippen molar-refractivity contribution in [2.75, 3.05) is 19.0 Å². The number of aromatic amines is 1. The molecule has 4 aromatic rings. The minimum atomic E-state index is -0.0807. The number of rotatable bonds is 10. The lowest BCUT2D eigenvalue weighted by Crippen LogP contribution is -2.00. The van der Waals surface area contributed by atoms with Crippen molar-refractivity contribution in [2.45, 2.75) is 32.8 Å². The molecule has 0 amide bonds. The number of hydrogen-bond acceptors (Lipinski definition) is 5. The predicted molar refractivity (Wildman–Crippen MR) is 128 cm³/mol. The zero-order valence-corrected chi connectivity index (χ0v) is 18.5. The van der Waals surface area contributed by atoms with E-state index in [1.165, 1.54) is 16.5 Å². The summed E-state index contributed by atoms with van der Waals surface area (Å²) in [7, 11) is 1.69. The van der Waals surface area contributed by atoms with Crippen LogP contribution in [-0.2, 0) is 19.4 Å². The van der Waals surface area contributed by atoms with Crippen LogP contribution < -0.4 is 14.8 Å². The van der Waals surface area contributed by atoms with Crippen LogP contribution >= 0.6 is 0 Å². The molecule has 0 atom stereocenters. The lowest BCUT2D eigenvalue weighted by Gasteiger charge is -2.14. The van der Waals surface area contributed by atoms with E-state index >= 15 is 0 Å². The van der Waals surface area contributed by atoms with E-state index in [2.05, 4.69) is 39.7 Å². The standard InChI is InChI=1S/C26H29N3O3/c1-3-32-26-14-20(29-21-11-12-27-22(13-21)17-30)8-7-18(26)5-4-6-19-16-28-25-15-23(31-2)9-10-24(19)25/h7-16,28,30H,3-6,17H2,1-2H3,(H,27,29). The Hall–Kier alpha value is -3.51. The minimum Gasteiger partial charge on any atom is -0.497 e. The summed E-state index contributed by atoms with van der Waals surface area (Å²) >= 11 is 0. The Morgan fingerprint density at radius 3 is 2.66 bits per heavy atom. The number of anilines is 2. The number of nitrogens with zero attached hydrogens (tertiary/aromatic N) is 1. The Morgan fingerprint density at radius 1 is 1.00 bits per heavy atom. The molecule has 2 aromatic carbocycles. The first-order valence-electron chi connectivity index (χ1n) is 10.9. The first-order chi connectivity index (χ1) is 15.7. The topological polar surface area (TPSA) is 79.4 Å². The molecule has 0 bridgehead atoms. The molecule has 2 aromatic heterocycles. The Bertz CT molecular complexity index is 1190. The second-order valence-corrected chi connectivity index (χ2v) is 7.65. The van der Waals surface area contributed by atoms with Gasteiger partial charge in [0.1, 0.15) is 11.5 Å². The number of aliphatic hydroxyl groups is 1. The van der Waals surface area contributed by atoms with Crippen molar-refractivity contribution in [1.29, 1.82) is 0 Å². The van der Waals surface area contributed by atoms with E-state index in [4.69, 9.17) is 9.47 Å². The average molecular weight is 432 g/mol. The maximum absolute atomic E-state index is 9.29. The number of aliphatic hydroxyl groups excluding tert-OH is 1. The fourth-order valence-corrected chi connectivity index (χ4v) is 3.91. The third-order valence-corrected chi connectivity index (χ3v) is 5.50. The molecular weight excluding hydrogens is 402 g/mol. The summed E-state index contributed by atoms with van der Waals surface area (Å²) in [6.45, 7) is 2.54. The molecule has 4 rings (SSSR count). The Balaban J connectivity index is 1.44. The van der Waals surface area contributed by atoms with Gasteiger partial charge in [-0.05, 0) is 67.6 Å². The maximum Gasteiger partial charge on any atom is 0.124 e. The second kappa shape index (κ2) is 10.2. The van der Waals surface area contributed by atoms with Crippen LogP contribution in [0, 0.1) is 0 Å². The highest BCUT2D eigenvalue weighted by Gasteiger charge is 2.09. The number of ether oxygens (including phenoxy) is 2. The molecule has 0 spiro atoms. The molecule has 0 fully saturated rings. The highest BCUT2D eigenvalue weighted by atomic mass is 16.5. The molecule has 2 heterocycles. The van der Waals surface area contributed by atoms with Gasteiger partial charge in [0.25, 0.3) is 0 Å². The summed E-state index contributed by atoms with van der Waals surface area (Å²) in [6.07, 6.45) is 6.72. The van der Waals surface area contributed by atoms with Crippen LogP contribution in [-0.4, -0.2) is 28.8 Å². The zero-order chi connectivity index (χ0) is 22.3. The largest absolute Gasteiger partial charge is 0.497 e. The van der Waals surface area contributed by atoms with Crippen LogP contribution in [0.2, 0.25) is 0 Å². The molecule has 32 heavy (non-hydrogen) atoms. The highest BCUT2D eigenvalue weighted by Crippen LogP contribution is 2.29. The van der Waals surface area contributed by atoms with Gasteiger partial charge in [-0.2, -0.15) is 0 Å². The third-order valence-electron chi connectivity index (χ3n) is 5.50. The van der Waals surface area contributed by atoms with Crippen LogP contribution in [0.15, 0.2) is 60.9 Å². The first kappa shape index (κ1) is 21.7. The van der Waals surface area contributed by atoms with Crippen LogP contribution in [0.4, 0.5) is 11.4 Å². The van der Waals surface area contributed by atoms with Crippen molar-refractivity contribution in [3.05, 3.63) is 77.7 Å². The number of fused-ring (bicyclic) bond motifs is 1. The molecule has 6 heteroatoms. The first-order valence-corrected chi connectivity index (χ1v) is 10.9. The van der Waals surface area contributed by atoms with Gasteiger partial charge >= 0.3 is 0 Å². The molecule has 0 aliphatic rings. The number of H-pyrrole nitrogens is 1. The van der Waals surface area contributed by atoms with Gasteiger partial charge in [0.15, 0.2) is 0 Å². The van der Waals surface area contributed by atoms with Gasteiger partial charge in [-0.1, -0.05) is 6.07 Å². The summed E-state index contributed by atoms with van der Waals surface area (Å²) in [6, 6.07) is 16.1. The fraction of sp³-hybridized carbons (Fsp3) is 0.269. The normalized spacial score (nSPS) is 11.0. The molecule has 0 unspecified atom stereocenters. The third kappa shape index (κ3) is 5.03. The van der Waals surface area contributed by atoms with Crippen LogP contribution in [0.1, 0.15) is 30.2 Å². The molecule has 3 N–H and O–H groups in total. The summed E-state index contributed by atoms with van der Waals surface area (Å²) in [4.78, 5) is 7.47. The Labute approximate surface area is 188 Å². The van der Waals surface area contributed by atoms with E-state index < -0.39 is 0 Å². The molecule has 0 saturated carbocycles. The number of hydrogen-bond donors (Lipinski definition) is 3. The SMILES string of the molecule is CCOc1cc(Nc2ccnc(CO)c2)ccc1CCCc1c[nH]c2cc(OC)ccc12. The van der Waals surface area contributed by atoms with Gasteiger partial charge in [0, 0.05) is 46.8 Å². The maximum atomic E-state index is 9.29. The van der Waals surface area contributed by atoms with Crippen molar-refractivity contribution in [1.82, 2.24) is 9.97 Å². The molecule has 0 saturated heterocycles. The van der Waals surface area contributed by atoms with Gasteiger partial charge in [0.2, 0.25) is 0 Å². The molecule has 0 radical (unpaired) electrons. The van der Waals surface area contributed by atoms with Gasteiger partial charge in [-0.25, -0.2) is 0 Å². The number of pyridine rings is 1. The van der Waals surface area contributed by atoms with Crippen LogP contribution in [0.3, 0.4) is 0 Å². The smallest absolute Gasteiger partial charge is 0.124 e. The number of aromatic nitrogens is 2. The highest BCUT2D eigenvalue weighted by molar-refractivity contribution is 5.84. The van der Waals surface area contributed by atoms with E-state index in [1.807, 2.05) is 37.3 Å². The monoisotopic (exact) mass is 431 g/mol. The lowest BCUT2D eigenvalue weighted by molar-refractivity contribution is 0.277. The van der Waals surface area contributed by atoms with Crippen molar-refractivity contribution in [2.24, 2.45) is 0 Å². The van der Waals surface area contributed by atoms with E-state index in [1.54, 1.807) is 13.3 Å². The summed E-state index contributed by atoms with van der Waals surface area (Å²) in [5.74, 6) is 1.76. The molecule has 0 aliphatic carbocycles. The molecule has 166 valence electrons. The second-order valence-electron chi connectivity index (χ2n) is 7.65. The number of methoxy groups -OCH3 is 1. The van der Waals surface area contributed by atoms with Gasteiger partial charge < -0.3 is 24.9 Å².